The SMILES string of the molecule is CC(=O)O[C@@H](C)C(=O)N1CCN(CC(OCc2ccc(C(F)(F)F)cc2)c2ccc(Cl)cc2)CC1. The van der Waals surface area contributed by atoms with E-state index >= 15 is 0 Å². The quantitative estimate of drug-likeness (QED) is 0.479. The average molecular weight is 513 g/mol. The monoisotopic (exact) mass is 512 g/mol. The van der Waals surface area contributed by atoms with Crippen molar-refractivity contribution >= 4 is 23.5 Å². The van der Waals surface area contributed by atoms with Crippen LogP contribution in [0.25, 0.3) is 0 Å². The Labute approximate surface area is 207 Å². The zero-order chi connectivity index (χ0) is 25.6. The maximum Gasteiger partial charge on any atom is 0.416 e. The lowest BCUT2D eigenvalue weighted by atomic mass is 10.1. The van der Waals surface area contributed by atoms with Crippen LogP contribution in [0.5, 0.6) is 0 Å². The van der Waals surface area contributed by atoms with E-state index in [1.165, 1.54) is 19.1 Å². The molecule has 2 atom stereocenters. The van der Waals surface area contributed by atoms with Crippen molar-refractivity contribution in [2.45, 2.75) is 38.8 Å². The van der Waals surface area contributed by atoms with Gasteiger partial charge < -0.3 is 14.4 Å². The summed E-state index contributed by atoms with van der Waals surface area (Å²) in [7, 11) is 0. The fourth-order valence-electron chi connectivity index (χ4n) is 3.86. The Morgan fingerprint density at radius 2 is 1.60 bits per heavy atom. The molecular formula is C25H28ClF3N2O4. The molecule has 1 aliphatic rings. The fourth-order valence-corrected chi connectivity index (χ4v) is 3.99. The normalized spacial score (nSPS) is 16.6. The number of halogens is 4. The third kappa shape index (κ3) is 7.95. The highest BCUT2D eigenvalue weighted by atomic mass is 35.5. The molecule has 1 fully saturated rings. The van der Waals surface area contributed by atoms with E-state index in [0.717, 1.165) is 17.7 Å². The number of carbonyl (C=O) groups is 2. The third-order valence-corrected chi connectivity index (χ3v) is 6.02. The summed E-state index contributed by atoms with van der Waals surface area (Å²) in [5.41, 5.74) is 0.820. The number of nitrogens with zero attached hydrogens (tertiary/aromatic N) is 2. The van der Waals surface area contributed by atoms with Crippen molar-refractivity contribution in [2.24, 2.45) is 0 Å². The van der Waals surface area contributed by atoms with E-state index in [9.17, 15) is 22.8 Å². The minimum atomic E-state index is -4.38. The zero-order valence-corrected chi connectivity index (χ0v) is 20.3. The summed E-state index contributed by atoms with van der Waals surface area (Å²) in [5.74, 6) is -0.729. The molecule has 1 aliphatic heterocycles. The second-order valence-corrected chi connectivity index (χ2v) is 8.86. The average Bonchev–Trinajstić information content (AvgIpc) is 2.81. The van der Waals surface area contributed by atoms with Gasteiger partial charge in [-0.25, -0.2) is 0 Å². The summed E-state index contributed by atoms with van der Waals surface area (Å²) in [6.07, 6.45) is -5.56. The zero-order valence-electron chi connectivity index (χ0n) is 19.6. The van der Waals surface area contributed by atoms with Gasteiger partial charge in [0.05, 0.1) is 18.3 Å². The van der Waals surface area contributed by atoms with Crippen molar-refractivity contribution in [3.8, 4) is 0 Å². The number of amides is 1. The van der Waals surface area contributed by atoms with Crippen LogP contribution in [0.15, 0.2) is 48.5 Å². The van der Waals surface area contributed by atoms with E-state index in [4.69, 9.17) is 21.1 Å². The Balaban J connectivity index is 1.61. The van der Waals surface area contributed by atoms with Gasteiger partial charge in [0.15, 0.2) is 6.10 Å². The van der Waals surface area contributed by atoms with Crippen molar-refractivity contribution in [1.82, 2.24) is 9.80 Å². The first kappa shape index (κ1) is 27.0. The summed E-state index contributed by atoms with van der Waals surface area (Å²) in [5, 5.41) is 0.587. The molecule has 1 amide bonds. The van der Waals surface area contributed by atoms with Gasteiger partial charge >= 0.3 is 12.1 Å². The highest BCUT2D eigenvalue weighted by Crippen LogP contribution is 2.30. The third-order valence-electron chi connectivity index (χ3n) is 5.77. The number of rotatable bonds is 8. The van der Waals surface area contributed by atoms with Crippen LogP contribution in [-0.2, 0) is 31.8 Å². The number of benzene rings is 2. The molecule has 0 aromatic heterocycles. The Bertz CT molecular complexity index is 991. The van der Waals surface area contributed by atoms with Crippen LogP contribution in [0, 0.1) is 0 Å². The Morgan fingerprint density at radius 3 is 2.14 bits per heavy atom. The number of piperazine rings is 1. The lowest BCUT2D eigenvalue weighted by Crippen LogP contribution is -2.52. The van der Waals surface area contributed by atoms with Gasteiger partial charge in [0.1, 0.15) is 0 Å². The Hall–Kier alpha value is -2.62. The van der Waals surface area contributed by atoms with Crippen molar-refractivity contribution in [3.05, 3.63) is 70.2 Å². The van der Waals surface area contributed by atoms with Crippen LogP contribution in [0.2, 0.25) is 5.02 Å². The molecule has 0 bridgehead atoms. The summed E-state index contributed by atoms with van der Waals surface area (Å²) in [4.78, 5) is 27.4. The van der Waals surface area contributed by atoms with Gasteiger partial charge in [-0.2, -0.15) is 13.2 Å². The van der Waals surface area contributed by atoms with E-state index < -0.39 is 23.8 Å². The Kier molecular flexibility index (Phi) is 9.15. The van der Waals surface area contributed by atoms with Crippen LogP contribution < -0.4 is 0 Å². The smallest absolute Gasteiger partial charge is 0.416 e. The molecule has 190 valence electrons. The minimum absolute atomic E-state index is 0.143. The van der Waals surface area contributed by atoms with Crippen LogP contribution in [0.1, 0.15) is 36.6 Å². The number of alkyl halides is 3. The van der Waals surface area contributed by atoms with Crippen molar-refractivity contribution in [1.29, 1.82) is 0 Å². The summed E-state index contributed by atoms with van der Waals surface area (Å²) in [6.45, 7) is 5.67. The molecule has 2 aromatic rings. The lowest BCUT2D eigenvalue weighted by molar-refractivity contribution is -0.158. The molecule has 10 heteroatoms. The number of hydrogen-bond donors (Lipinski definition) is 0. The van der Waals surface area contributed by atoms with Crippen molar-refractivity contribution in [3.63, 3.8) is 0 Å². The standard InChI is InChI=1S/C25H28ClF3N2O4/c1-17(35-18(2)32)24(33)31-13-11-30(12-14-31)15-23(20-5-9-22(26)10-6-20)34-16-19-3-7-21(8-4-19)25(27,28)29/h3-10,17,23H,11-16H2,1-2H3/t17-,23?/m0/s1. The van der Waals surface area contributed by atoms with E-state index in [2.05, 4.69) is 4.90 Å². The summed E-state index contributed by atoms with van der Waals surface area (Å²) in [6, 6.07) is 12.2. The van der Waals surface area contributed by atoms with Gasteiger partial charge in [0.2, 0.25) is 0 Å². The molecule has 35 heavy (non-hydrogen) atoms. The predicted octanol–water partition coefficient (Wildman–Crippen LogP) is 4.71. The molecule has 0 aliphatic carbocycles. The van der Waals surface area contributed by atoms with E-state index in [1.54, 1.807) is 24.0 Å². The predicted molar refractivity (Wildman–Crippen MR) is 125 cm³/mol. The van der Waals surface area contributed by atoms with Crippen molar-refractivity contribution < 1.29 is 32.2 Å². The molecule has 0 saturated carbocycles. The van der Waals surface area contributed by atoms with E-state index in [1.807, 2.05) is 12.1 Å². The first-order valence-electron chi connectivity index (χ1n) is 11.2. The second-order valence-electron chi connectivity index (χ2n) is 8.42. The molecule has 0 radical (unpaired) electrons. The molecule has 0 N–H and O–H groups in total. The van der Waals surface area contributed by atoms with Crippen LogP contribution in [0.3, 0.4) is 0 Å². The van der Waals surface area contributed by atoms with Crippen LogP contribution in [-0.4, -0.2) is 60.5 Å². The maximum atomic E-state index is 12.8. The van der Waals surface area contributed by atoms with Crippen molar-refractivity contribution in [2.75, 3.05) is 32.7 Å². The molecule has 1 saturated heterocycles. The Morgan fingerprint density at radius 1 is 1.00 bits per heavy atom. The van der Waals surface area contributed by atoms with E-state index in [-0.39, 0.29) is 18.6 Å². The first-order valence-corrected chi connectivity index (χ1v) is 11.6. The molecule has 1 unspecified atom stereocenters. The van der Waals surface area contributed by atoms with Gasteiger partial charge in [-0.1, -0.05) is 35.9 Å². The van der Waals surface area contributed by atoms with Gasteiger partial charge in [-0.3, -0.25) is 14.5 Å². The number of hydrogen-bond acceptors (Lipinski definition) is 5. The molecule has 0 spiro atoms. The molecular weight excluding hydrogens is 485 g/mol. The molecule has 3 rings (SSSR count). The molecule has 1 heterocycles. The lowest BCUT2D eigenvalue weighted by Gasteiger charge is -2.37. The number of ether oxygens (including phenoxy) is 2. The maximum absolute atomic E-state index is 12.8. The van der Waals surface area contributed by atoms with Crippen LogP contribution >= 0.6 is 11.6 Å². The number of carbonyl (C=O) groups excluding carboxylic acids is 2. The minimum Gasteiger partial charge on any atom is -0.453 e. The van der Waals surface area contributed by atoms with Gasteiger partial charge in [-0.15, -0.1) is 0 Å². The topological polar surface area (TPSA) is 59.1 Å². The molecule has 2 aromatic carbocycles. The highest BCUT2D eigenvalue weighted by Gasteiger charge is 2.30. The summed E-state index contributed by atoms with van der Waals surface area (Å²) < 4.78 is 49.6. The highest BCUT2D eigenvalue weighted by molar-refractivity contribution is 6.30. The summed E-state index contributed by atoms with van der Waals surface area (Å²) >= 11 is 6.02. The van der Waals surface area contributed by atoms with E-state index in [0.29, 0.717) is 43.3 Å². The van der Waals surface area contributed by atoms with Gasteiger partial charge in [0, 0.05) is 44.7 Å². The number of esters is 1. The fraction of sp³-hybridized carbons (Fsp3) is 0.440. The van der Waals surface area contributed by atoms with Gasteiger partial charge in [0.25, 0.3) is 5.91 Å². The second kappa shape index (κ2) is 11.9. The van der Waals surface area contributed by atoms with Gasteiger partial charge in [-0.05, 0) is 42.3 Å². The van der Waals surface area contributed by atoms with Crippen LogP contribution in [0.4, 0.5) is 13.2 Å². The molecule has 6 nitrogen and oxygen atoms in total. The largest absolute Gasteiger partial charge is 0.453 e. The first-order chi connectivity index (χ1) is 16.5.